The van der Waals surface area contributed by atoms with E-state index in [-0.39, 0.29) is 25.6 Å². The van der Waals surface area contributed by atoms with Gasteiger partial charge in [0.25, 0.3) is 5.91 Å². The highest BCUT2D eigenvalue weighted by Gasteiger charge is 2.41. The van der Waals surface area contributed by atoms with E-state index in [9.17, 15) is 14.0 Å². The number of carbonyl (C=O) groups excluding carboxylic acids is 2. The Morgan fingerprint density at radius 3 is 2.86 bits per heavy atom. The average Bonchev–Trinajstić information content (AvgIpc) is 2.89. The number of amides is 1. The number of halogens is 1. The monoisotopic (exact) mass is 321 g/mol. The quantitative estimate of drug-likeness (QED) is 0.814. The van der Waals surface area contributed by atoms with Crippen LogP contribution in [0.3, 0.4) is 0 Å². The first-order valence-corrected chi connectivity index (χ1v) is 8.06. The van der Waals surface area contributed by atoms with Crippen molar-refractivity contribution >= 4 is 33.3 Å². The third-order valence-electron chi connectivity index (χ3n) is 3.83. The zero-order chi connectivity index (χ0) is 15.7. The van der Waals surface area contributed by atoms with E-state index in [1.807, 2.05) is 29.6 Å². The number of hydrogen-bond acceptors (Lipinski definition) is 4. The van der Waals surface area contributed by atoms with E-state index in [0.717, 1.165) is 10.1 Å². The van der Waals surface area contributed by atoms with Crippen molar-refractivity contribution in [1.82, 2.24) is 4.90 Å². The van der Waals surface area contributed by atoms with Gasteiger partial charge in [-0.3, -0.25) is 4.79 Å². The molecule has 4 nitrogen and oxygen atoms in total. The number of rotatable bonds is 4. The number of thiophene rings is 1. The van der Waals surface area contributed by atoms with Crippen molar-refractivity contribution < 1.29 is 18.7 Å². The van der Waals surface area contributed by atoms with Crippen molar-refractivity contribution in [3.05, 3.63) is 35.2 Å². The van der Waals surface area contributed by atoms with E-state index < -0.39 is 18.1 Å². The average molecular weight is 321 g/mol. The van der Waals surface area contributed by atoms with E-state index in [1.165, 1.54) is 11.3 Å². The third kappa shape index (κ3) is 2.59. The summed E-state index contributed by atoms with van der Waals surface area (Å²) in [6.07, 6.45) is -1.65. The SMILES string of the molecule is CCOC(=O)[C@H](F)C1CN(C(=O)c2csc3ccccc23)C1. The molecule has 0 bridgehead atoms. The van der Waals surface area contributed by atoms with Crippen molar-refractivity contribution in [2.75, 3.05) is 19.7 Å². The number of ether oxygens (including phenoxy) is 1. The summed E-state index contributed by atoms with van der Waals surface area (Å²) in [6, 6.07) is 7.70. The van der Waals surface area contributed by atoms with Gasteiger partial charge in [-0.15, -0.1) is 11.3 Å². The fraction of sp³-hybridized carbons (Fsp3) is 0.375. The van der Waals surface area contributed by atoms with E-state index in [0.29, 0.717) is 5.56 Å². The molecule has 1 aliphatic heterocycles. The van der Waals surface area contributed by atoms with Crippen LogP contribution in [0.5, 0.6) is 0 Å². The Labute approximate surface area is 131 Å². The van der Waals surface area contributed by atoms with E-state index >= 15 is 0 Å². The summed E-state index contributed by atoms with van der Waals surface area (Å²) >= 11 is 1.52. The van der Waals surface area contributed by atoms with Gasteiger partial charge in [-0.25, -0.2) is 9.18 Å². The Morgan fingerprint density at radius 2 is 2.14 bits per heavy atom. The summed E-state index contributed by atoms with van der Waals surface area (Å²) in [5.41, 5.74) is 0.644. The molecule has 1 amide bonds. The minimum absolute atomic E-state index is 0.107. The van der Waals surface area contributed by atoms with Crippen molar-refractivity contribution in [2.24, 2.45) is 5.92 Å². The summed E-state index contributed by atoms with van der Waals surface area (Å²) in [4.78, 5) is 25.4. The van der Waals surface area contributed by atoms with Crippen LogP contribution in [0.1, 0.15) is 17.3 Å². The molecule has 116 valence electrons. The number of fused-ring (bicyclic) bond motifs is 1. The van der Waals surface area contributed by atoms with E-state index in [4.69, 9.17) is 0 Å². The first kappa shape index (κ1) is 15.0. The molecule has 0 spiro atoms. The molecule has 22 heavy (non-hydrogen) atoms. The molecule has 1 aromatic heterocycles. The second kappa shape index (κ2) is 6.04. The van der Waals surface area contributed by atoms with Crippen LogP contribution in [0.15, 0.2) is 29.6 Å². The van der Waals surface area contributed by atoms with Gasteiger partial charge in [-0.1, -0.05) is 18.2 Å². The second-order valence-electron chi connectivity index (χ2n) is 5.27. The highest BCUT2D eigenvalue weighted by Crippen LogP contribution is 2.30. The number of hydrogen-bond donors (Lipinski definition) is 0. The highest BCUT2D eigenvalue weighted by atomic mass is 32.1. The maximum atomic E-state index is 13.9. The Morgan fingerprint density at radius 1 is 1.41 bits per heavy atom. The summed E-state index contributed by atoms with van der Waals surface area (Å²) in [7, 11) is 0. The van der Waals surface area contributed by atoms with Gasteiger partial charge in [0.15, 0.2) is 0 Å². The molecule has 2 heterocycles. The molecular formula is C16H16FNO3S. The molecule has 1 aliphatic rings. The van der Waals surface area contributed by atoms with Gasteiger partial charge < -0.3 is 9.64 Å². The Bertz CT molecular complexity index is 708. The minimum atomic E-state index is -1.65. The summed E-state index contributed by atoms with van der Waals surface area (Å²) in [5, 5.41) is 2.75. The van der Waals surface area contributed by atoms with Gasteiger partial charge in [0, 0.05) is 34.5 Å². The van der Waals surface area contributed by atoms with Crippen molar-refractivity contribution in [1.29, 1.82) is 0 Å². The van der Waals surface area contributed by atoms with Crippen LogP contribution in [-0.4, -0.2) is 42.6 Å². The number of benzene rings is 1. The fourth-order valence-electron chi connectivity index (χ4n) is 2.59. The first-order chi connectivity index (χ1) is 10.6. The fourth-order valence-corrected chi connectivity index (χ4v) is 3.53. The molecule has 0 saturated carbocycles. The summed E-state index contributed by atoms with van der Waals surface area (Å²) < 4.78 is 19.6. The van der Waals surface area contributed by atoms with Crippen molar-refractivity contribution in [3.63, 3.8) is 0 Å². The lowest BCUT2D eigenvalue weighted by Crippen LogP contribution is -2.55. The van der Waals surface area contributed by atoms with E-state index in [2.05, 4.69) is 4.74 Å². The lowest BCUT2D eigenvalue weighted by atomic mass is 9.93. The number of nitrogens with zero attached hydrogens (tertiary/aromatic N) is 1. The minimum Gasteiger partial charge on any atom is -0.464 e. The molecule has 0 radical (unpaired) electrons. The highest BCUT2D eigenvalue weighted by molar-refractivity contribution is 7.17. The maximum absolute atomic E-state index is 13.9. The predicted molar refractivity (Wildman–Crippen MR) is 82.7 cm³/mol. The number of alkyl halides is 1. The normalized spacial score (nSPS) is 16.4. The van der Waals surface area contributed by atoms with Crippen LogP contribution in [0, 0.1) is 5.92 Å². The molecule has 1 atom stereocenters. The molecule has 0 aliphatic carbocycles. The van der Waals surface area contributed by atoms with E-state index in [1.54, 1.807) is 11.8 Å². The maximum Gasteiger partial charge on any atom is 0.341 e. The van der Waals surface area contributed by atoms with Crippen LogP contribution in [0.2, 0.25) is 0 Å². The van der Waals surface area contributed by atoms with Crippen molar-refractivity contribution in [3.8, 4) is 0 Å². The lowest BCUT2D eigenvalue weighted by molar-refractivity contribution is -0.153. The molecule has 1 fully saturated rings. The van der Waals surface area contributed by atoms with Crippen LogP contribution in [0.4, 0.5) is 4.39 Å². The second-order valence-corrected chi connectivity index (χ2v) is 6.18. The largest absolute Gasteiger partial charge is 0.464 e. The molecule has 3 rings (SSSR count). The van der Waals surface area contributed by atoms with Gasteiger partial charge in [0.1, 0.15) is 0 Å². The molecule has 0 N–H and O–H groups in total. The molecule has 1 aromatic carbocycles. The zero-order valence-electron chi connectivity index (χ0n) is 12.1. The van der Waals surface area contributed by atoms with Gasteiger partial charge in [-0.2, -0.15) is 0 Å². The molecular weight excluding hydrogens is 305 g/mol. The zero-order valence-corrected chi connectivity index (χ0v) is 12.9. The van der Waals surface area contributed by atoms with Crippen LogP contribution in [-0.2, 0) is 9.53 Å². The van der Waals surface area contributed by atoms with Crippen LogP contribution < -0.4 is 0 Å². The molecule has 2 aromatic rings. The Balaban J connectivity index is 1.65. The van der Waals surface area contributed by atoms with Gasteiger partial charge in [0.05, 0.1) is 12.2 Å². The third-order valence-corrected chi connectivity index (χ3v) is 4.80. The van der Waals surface area contributed by atoms with Gasteiger partial charge in [0.2, 0.25) is 6.17 Å². The van der Waals surface area contributed by atoms with Gasteiger partial charge in [-0.05, 0) is 13.0 Å². The molecule has 1 saturated heterocycles. The van der Waals surface area contributed by atoms with Crippen LogP contribution in [0.25, 0.3) is 10.1 Å². The van der Waals surface area contributed by atoms with Gasteiger partial charge >= 0.3 is 5.97 Å². The standard InChI is InChI=1S/C16H16FNO3S/c1-2-21-16(20)14(17)10-7-18(8-10)15(19)12-9-22-13-6-4-3-5-11(12)13/h3-6,9-10,14H,2,7-8H2,1H3/t14-/m1/s1. The predicted octanol–water partition coefficient (Wildman–Crippen LogP) is 2.87. The number of likely N-dealkylation sites (tertiary alicyclic amines) is 1. The lowest BCUT2D eigenvalue weighted by Gasteiger charge is -2.40. The van der Waals surface area contributed by atoms with Crippen LogP contribution >= 0.6 is 11.3 Å². The summed E-state index contributed by atoms with van der Waals surface area (Å²) in [5.74, 6) is -1.40. The Kier molecular flexibility index (Phi) is 4.11. The summed E-state index contributed by atoms with van der Waals surface area (Å²) in [6.45, 7) is 2.31. The smallest absolute Gasteiger partial charge is 0.341 e. The number of esters is 1. The van der Waals surface area contributed by atoms with Crippen molar-refractivity contribution in [2.45, 2.75) is 13.1 Å². The molecule has 0 unspecified atom stereocenters. The topological polar surface area (TPSA) is 46.6 Å². The Hall–Kier alpha value is -1.95. The molecule has 6 heteroatoms. The first-order valence-electron chi connectivity index (χ1n) is 7.18. The number of carbonyl (C=O) groups is 2.